The quantitative estimate of drug-likeness (QED) is 0.662. The number of aryl methyl sites for hydroxylation is 1. The van der Waals surface area contributed by atoms with E-state index in [1.807, 2.05) is 0 Å². The molecule has 1 aromatic rings. The van der Waals surface area contributed by atoms with Crippen LogP contribution in [-0.2, 0) is 4.79 Å². The molecule has 2 aliphatic rings. The molecule has 5 atom stereocenters. The first-order valence-electron chi connectivity index (χ1n) is 8.80. The molecule has 1 amide bonds. The lowest BCUT2D eigenvalue weighted by atomic mass is 9.84. The lowest BCUT2D eigenvalue weighted by Gasteiger charge is -2.29. The Kier molecular flexibility index (Phi) is 4.36. The van der Waals surface area contributed by atoms with E-state index in [9.17, 15) is 14.9 Å². The molecule has 0 spiro atoms. The van der Waals surface area contributed by atoms with Gasteiger partial charge in [0.15, 0.2) is 0 Å². The van der Waals surface area contributed by atoms with Gasteiger partial charge in [-0.15, -0.1) is 0 Å². The van der Waals surface area contributed by atoms with Crippen LogP contribution in [0.1, 0.15) is 57.0 Å². The van der Waals surface area contributed by atoms with Crippen LogP contribution in [0.15, 0.2) is 0 Å². The number of hydrogen-bond donors (Lipinski definition) is 1. The van der Waals surface area contributed by atoms with Gasteiger partial charge < -0.3 is 5.32 Å². The molecule has 7 nitrogen and oxygen atoms in total. The van der Waals surface area contributed by atoms with Gasteiger partial charge in [-0.1, -0.05) is 6.42 Å². The minimum absolute atomic E-state index is 0.00389. The van der Waals surface area contributed by atoms with E-state index < -0.39 is 11.0 Å². The van der Waals surface area contributed by atoms with E-state index >= 15 is 0 Å². The molecule has 1 N–H and O–H groups in total. The number of aromatic nitrogens is 2. The average molecular weight is 334 g/mol. The van der Waals surface area contributed by atoms with E-state index in [4.69, 9.17) is 0 Å². The van der Waals surface area contributed by atoms with Crippen LogP contribution < -0.4 is 5.32 Å². The number of carbonyl (C=O) groups excluding carboxylic acids is 1. The standard InChI is InChI=1S/C17H26N4O3/c1-9(15-8-13-5-6-14(15)7-13)18-17(22)12(4)20-11(3)16(21(23)24)10(2)19-20/h9,12-15H,5-8H2,1-4H3,(H,18,22)/t9-,12+,13-,14-,15-/m0/s1. The Labute approximate surface area is 142 Å². The Morgan fingerprint density at radius 1 is 1.33 bits per heavy atom. The van der Waals surface area contributed by atoms with Gasteiger partial charge in [-0.25, -0.2) is 0 Å². The van der Waals surface area contributed by atoms with Crippen molar-refractivity contribution in [3.63, 3.8) is 0 Å². The molecule has 0 aromatic carbocycles. The van der Waals surface area contributed by atoms with E-state index in [1.165, 1.54) is 30.4 Å². The van der Waals surface area contributed by atoms with Gasteiger partial charge in [0.2, 0.25) is 5.91 Å². The molecule has 24 heavy (non-hydrogen) atoms. The molecule has 1 heterocycles. The fourth-order valence-corrected chi connectivity index (χ4v) is 4.76. The minimum Gasteiger partial charge on any atom is -0.352 e. The lowest BCUT2D eigenvalue weighted by molar-refractivity contribution is -0.386. The van der Waals surface area contributed by atoms with Gasteiger partial charge in [-0.2, -0.15) is 5.10 Å². The lowest BCUT2D eigenvalue weighted by Crippen LogP contribution is -2.43. The summed E-state index contributed by atoms with van der Waals surface area (Å²) in [5.74, 6) is 2.03. The summed E-state index contributed by atoms with van der Waals surface area (Å²) in [5.41, 5.74) is 0.766. The summed E-state index contributed by atoms with van der Waals surface area (Å²) < 4.78 is 1.47. The maximum Gasteiger partial charge on any atom is 0.312 e. The number of fused-ring (bicyclic) bond motifs is 2. The smallest absolute Gasteiger partial charge is 0.312 e. The number of nitro groups is 1. The van der Waals surface area contributed by atoms with Crippen molar-refractivity contribution in [3.05, 3.63) is 21.5 Å². The Balaban J connectivity index is 1.69. The predicted octanol–water partition coefficient (Wildman–Crippen LogP) is 2.91. The summed E-state index contributed by atoms with van der Waals surface area (Å²) in [4.78, 5) is 23.3. The van der Waals surface area contributed by atoms with E-state index in [2.05, 4.69) is 17.3 Å². The molecule has 0 aliphatic heterocycles. The fourth-order valence-electron chi connectivity index (χ4n) is 4.76. The van der Waals surface area contributed by atoms with Crippen molar-refractivity contribution < 1.29 is 9.72 Å². The van der Waals surface area contributed by atoms with Gasteiger partial charge >= 0.3 is 5.69 Å². The van der Waals surface area contributed by atoms with E-state index in [1.54, 1.807) is 20.8 Å². The normalized spacial score (nSPS) is 27.9. The van der Waals surface area contributed by atoms with Crippen molar-refractivity contribution >= 4 is 11.6 Å². The van der Waals surface area contributed by atoms with Crippen LogP contribution in [-0.4, -0.2) is 26.7 Å². The van der Waals surface area contributed by atoms with Crippen LogP contribution in [0.25, 0.3) is 0 Å². The summed E-state index contributed by atoms with van der Waals surface area (Å²) >= 11 is 0. The third kappa shape index (κ3) is 2.80. The largest absolute Gasteiger partial charge is 0.352 e. The van der Waals surface area contributed by atoms with Crippen molar-refractivity contribution in [3.8, 4) is 0 Å². The second-order valence-electron chi connectivity index (χ2n) is 7.53. The van der Waals surface area contributed by atoms with E-state index in [0.717, 1.165) is 11.8 Å². The molecule has 2 fully saturated rings. The van der Waals surface area contributed by atoms with Crippen LogP contribution in [0.3, 0.4) is 0 Å². The van der Waals surface area contributed by atoms with Crippen LogP contribution in [0.4, 0.5) is 5.69 Å². The van der Waals surface area contributed by atoms with Crippen LogP contribution in [0.2, 0.25) is 0 Å². The molecule has 7 heteroatoms. The maximum absolute atomic E-state index is 12.6. The second-order valence-corrected chi connectivity index (χ2v) is 7.53. The molecule has 0 radical (unpaired) electrons. The first-order valence-corrected chi connectivity index (χ1v) is 8.80. The first kappa shape index (κ1) is 16.9. The molecule has 132 valence electrons. The zero-order valence-electron chi connectivity index (χ0n) is 14.8. The molecular formula is C17H26N4O3. The SMILES string of the molecule is Cc1nn([C@H](C)C(=O)N[C@@H](C)[C@@H]2C[C@H]3CC[C@H]2C3)c(C)c1[N+](=O)[O-]. The highest BCUT2D eigenvalue weighted by Gasteiger charge is 2.42. The highest BCUT2D eigenvalue weighted by atomic mass is 16.6. The molecule has 2 saturated carbocycles. The van der Waals surface area contributed by atoms with Crippen molar-refractivity contribution in [1.29, 1.82) is 0 Å². The first-order chi connectivity index (χ1) is 11.3. The topological polar surface area (TPSA) is 90.1 Å². The minimum atomic E-state index is -0.557. The Hall–Kier alpha value is -1.92. The molecular weight excluding hydrogens is 308 g/mol. The molecule has 1 aromatic heterocycles. The van der Waals surface area contributed by atoms with Crippen LogP contribution in [0, 0.1) is 41.7 Å². The third-order valence-electron chi connectivity index (χ3n) is 6.02. The van der Waals surface area contributed by atoms with Crippen molar-refractivity contribution in [2.45, 2.75) is 65.5 Å². The number of rotatable bonds is 5. The van der Waals surface area contributed by atoms with Gasteiger partial charge in [-0.05, 0) is 64.7 Å². The van der Waals surface area contributed by atoms with Gasteiger partial charge in [0.25, 0.3) is 0 Å². The average Bonchev–Trinajstić information content (AvgIpc) is 3.20. The highest BCUT2D eigenvalue weighted by Crippen LogP contribution is 2.49. The molecule has 3 rings (SSSR count). The number of nitrogens with one attached hydrogen (secondary N) is 1. The van der Waals surface area contributed by atoms with Gasteiger partial charge in [0, 0.05) is 6.04 Å². The molecule has 0 saturated heterocycles. The monoisotopic (exact) mass is 334 g/mol. The Bertz CT molecular complexity index is 669. The summed E-state index contributed by atoms with van der Waals surface area (Å²) in [5, 5.41) is 18.5. The summed E-state index contributed by atoms with van der Waals surface area (Å²) in [6.45, 7) is 7.07. The molecule has 2 aliphatic carbocycles. The number of amides is 1. The summed E-state index contributed by atoms with van der Waals surface area (Å²) in [7, 11) is 0. The Morgan fingerprint density at radius 2 is 2.04 bits per heavy atom. The zero-order chi connectivity index (χ0) is 17.6. The summed E-state index contributed by atoms with van der Waals surface area (Å²) in [6.07, 6.45) is 5.15. The third-order valence-corrected chi connectivity index (χ3v) is 6.02. The van der Waals surface area contributed by atoms with Gasteiger partial charge in [-0.3, -0.25) is 19.6 Å². The van der Waals surface area contributed by atoms with Gasteiger partial charge in [0.1, 0.15) is 17.4 Å². The van der Waals surface area contributed by atoms with E-state index in [0.29, 0.717) is 17.3 Å². The molecule has 2 bridgehead atoms. The van der Waals surface area contributed by atoms with Crippen molar-refractivity contribution in [1.82, 2.24) is 15.1 Å². The van der Waals surface area contributed by atoms with Crippen LogP contribution >= 0.6 is 0 Å². The number of hydrogen-bond acceptors (Lipinski definition) is 4. The Morgan fingerprint density at radius 3 is 2.54 bits per heavy atom. The van der Waals surface area contributed by atoms with Crippen LogP contribution in [0.5, 0.6) is 0 Å². The number of nitrogens with zero attached hydrogens (tertiary/aromatic N) is 3. The van der Waals surface area contributed by atoms with Gasteiger partial charge in [0.05, 0.1) is 4.92 Å². The zero-order valence-corrected chi connectivity index (χ0v) is 14.8. The second kappa shape index (κ2) is 6.18. The van der Waals surface area contributed by atoms with Crippen molar-refractivity contribution in [2.75, 3.05) is 0 Å². The highest BCUT2D eigenvalue weighted by molar-refractivity contribution is 5.80. The van der Waals surface area contributed by atoms with E-state index in [-0.39, 0.29) is 17.6 Å². The fraction of sp³-hybridized carbons (Fsp3) is 0.765. The maximum atomic E-state index is 12.6. The van der Waals surface area contributed by atoms with Crippen molar-refractivity contribution in [2.24, 2.45) is 17.8 Å². The summed E-state index contributed by atoms with van der Waals surface area (Å²) in [6, 6.07) is -0.416. The predicted molar refractivity (Wildman–Crippen MR) is 89.6 cm³/mol. The number of carbonyl (C=O) groups is 1. The molecule has 0 unspecified atom stereocenters.